The van der Waals surface area contributed by atoms with Crippen molar-refractivity contribution in [3.05, 3.63) is 56.0 Å². The predicted octanol–water partition coefficient (Wildman–Crippen LogP) is 6.62. The summed E-state index contributed by atoms with van der Waals surface area (Å²) in [5, 5.41) is 4.63. The van der Waals surface area contributed by atoms with Gasteiger partial charge in [0, 0.05) is 22.2 Å². The van der Waals surface area contributed by atoms with Gasteiger partial charge in [0.1, 0.15) is 6.61 Å². The Morgan fingerprint density at radius 2 is 1.88 bits per heavy atom. The van der Waals surface area contributed by atoms with Crippen LogP contribution in [0.15, 0.2) is 34.8 Å². The van der Waals surface area contributed by atoms with Crippen LogP contribution in [0.4, 0.5) is 0 Å². The van der Waals surface area contributed by atoms with Crippen LogP contribution in [0.3, 0.4) is 0 Å². The lowest BCUT2D eigenvalue weighted by molar-refractivity contribution is 0.267. The van der Waals surface area contributed by atoms with E-state index >= 15 is 0 Å². The second-order valence-corrected chi connectivity index (χ2v) is 7.59. The molecule has 1 N–H and O–H groups in total. The quantitative estimate of drug-likeness (QED) is 0.404. The average Bonchev–Trinajstić information content (AvgIpc) is 2.60. The van der Waals surface area contributed by atoms with Crippen molar-refractivity contribution >= 4 is 39.1 Å². The van der Waals surface area contributed by atoms with Crippen molar-refractivity contribution in [3.63, 3.8) is 0 Å². The molecule has 0 aliphatic heterocycles. The molecular formula is C20H24BrCl2NO2. The van der Waals surface area contributed by atoms with Gasteiger partial charge in [0.15, 0.2) is 11.5 Å². The number of nitrogens with one attached hydrogen (secondary N) is 1. The second kappa shape index (κ2) is 11.0. The maximum atomic E-state index is 6.23. The van der Waals surface area contributed by atoms with Crippen LogP contribution < -0.4 is 14.8 Å². The van der Waals surface area contributed by atoms with Crippen LogP contribution in [0.25, 0.3) is 0 Å². The highest BCUT2D eigenvalue weighted by Crippen LogP contribution is 2.38. The molecule has 0 amide bonds. The van der Waals surface area contributed by atoms with E-state index in [1.807, 2.05) is 19.1 Å². The SMILES string of the molecule is CCCCNCc1cc(Br)c(OCc2ccc(Cl)cc2Cl)c(OCC)c1. The van der Waals surface area contributed by atoms with Gasteiger partial charge in [-0.1, -0.05) is 42.6 Å². The normalized spacial score (nSPS) is 10.8. The Bertz CT molecular complexity index is 725. The molecule has 0 saturated carbocycles. The lowest BCUT2D eigenvalue weighted by atomic mass is 10.2. The smallest absolute Gasteiger partial charge is 0.175 e. The zero-order valence-corrected chi connectivity index (χ0v) is 18.2. The number of rotatable bonds is 10. The van der Waals surface area contributed by atoms with Crippen molar-refractivity contribution in [1.29, 1.82) is 0 Å². The maximum Gasteiger partial charge on any atom is 0.175 e. The highest BCUT2D eigenvalue weighted by atomic mass is 79.9. The van der Waals surface area contributed by atoms with Crippen LogP contribution in [-0.4, -0.2) is 13.2 Å². The molecule has 0 bridgehead atoms. The molecule has 0 spiro atoms. The van der Waals surface area contributed by atoms with Gasteiger partial charge in [0.25, 0.3) is 0 Å². The standard InChI is InChI=1S/C20H24BrCl2NO2/c1-3-5-8-24-12-14-9-17(21)20(19(10-14)25-4-2)26-13-15-6-7-16(22)11-18(15)23/h6-7,9-11,24H,3-5,8,12-13H2,1-2H3. The van der Waals surface area contributed by atoms with Gasteiger partial charge < -0.3 is 14.8 Å². The Kier molecular flexibility index (Phi) is 9.06. The third kappa shape index (κ3) is 6.34. The van der Waals surface area contributed by atoms with Gasteiger partial charge in [0.05, 0.1) is 11.1 Å². The highest BCUT2D eigenvalue weighted by molar-refractivity contribution is 9.10. The van der Waals surface area contributed by atoms with Crippen molar-refractivity contribution in [2.75, 3.05) is 13.2 Å². The third-order valence-electron chi connectivity index (χ3n) is 3.79. The first kappa shape index (κ1) is 21.4. The molecule has 0 unspecified atom stereocenters. The summed E-state index contributed by atoms with van der Waals surface area (Å²) in [6.45, 7) is 6.85. The lowest BCUT2D eigenvalue weighted by Gasteiger charge is -2.16. The predicted molar refractivity (Wildman–Crippen MR) is 113 cm³/mol. The number of halogens is 3. The molecule has 3 nitrogen and oxygen atoms in total. The molecule has 2 rings (SSSR count). The minimum absolute atomic E-state index is 0.336. The maximum absolute atomic E-state index is 6.23. The Hall–Kier alpha value is -0.940. The first-order valence-corrected chi connectivity index (χ1v) is 10.3. The minimum Gasteiger partial charge on any atom is -0.490 e. The molecule has 0 radical (unpaired) electrons. The summed E-state index contributed by atoms with van der Waals surface area (Å²) in [6, 6.07) is 9.46. The molecule has 0 atom stereocenters. The first-order valence-electron chi connectivity index (χ1n) is 8.77. The summed E-state index contributed by atoms with van der Waals surface area (Å²) >= 11 is 15.8. The average molecular weight is 461 g/mol. The number of ether oxygens (including phenoxy) is 2. The van der Waals surface area contributed by atoms with Crippen molar-refractivity contribution in [3.8, 4) is 11.5 Å². The zero-order valence-electron chi connectivity index (χ0n) is 15.1. The van der Waals surface area contributed by atoms with Crippen molar-refractivity contribution in [1.82, 2.24) is 5.32 Å². The third-order valence-corrected chi connectivity index (χ3v) is 4.97. The molecule has 0 fully saturated rings. The van der Waals surface area contributed by atoms with Crippen LogP contribution in [0.1, 0.15) is 37.8 Å². The van der Waals surface area contributed by atoms with E-state index in [0.29, 0.717) is 29.0 Å². The molecule has 2 aromatic rings. The summed E-state index contributed by atoms with van der Waals surface area (Å²) in [7, 11) is 0. The van der Waals surface area contributed by atoms with E-state index < -0.39 is 0 Å². The fraction of sp³-hybridized carbons (Fsp3) is 0.400. The highest BCUT2D eigenvalue weighted by Gasteiger charge is 2.13. The van der Waals surface area contributed by atoms with Gasteiger partial charge in [-0.2, -0.15) is 0 Å². The molecule has 0 aliphatic carbocycles. The van der Waals surface area contributed by atoms with Gasteiger partial charge in [-0.05, 0) is 65.6 Å². The summed E-state index contributed by atoms with van der Waals surface area (Å²) in [5.41, 5.74) is 2.02. The minimum atomic E-state index is 0.336. The van der Waals surface area contributed by atoms with Crippen LogP contribution in [0.5, 0.6) is 11.5 Å². The lowest BCUT2D eigenvalue weighted by Crippen LogP contribution is -2.14. The summed E-state index contributed by atoms with van der Waals surface area (Å²) in [6.07, 6.45) is 2.35. The molecule has 26 heavy (non-hydrogen) atoms. The molecular weight excluding hydrogens is 437 g/mol. The molecule has 2 aromatic carbocycles. The number of benzene rings is 2. The fourth-order valence-electron chi connectivity index (χ4n) is 2.45. The van der Waals surface area contributed by atoms with E-state index in [0.717, 1.165) is 34.4 Å². The van der Waals surface area contributed by atoms with Crippen LogP contribution >= 0.6 is 39.1 Å². The van der Waals surface area contributed by atoms with Crippen LogP contribution in [-0.2, 0) is 13.2 Å². The first-order chi connectivity index (χ1) is 12.5. The van der Waals surface area contributed by atoms with E-state index in [9.17, 15) is 0 Å². The van der Waals surface area contributed by atoms with E-state index in [-0.39, 0.29) is 0 Å². The number of hydrogen-bond acceptors (Lipinski definition) is 3. The topological polar surface area (TPSA) is 30.5 Å². The van der Waals surface area contributed by atoms with Gasteiger partial charge in [-0.25, -0.2) is 0 Å². The van der Waals surface area contributed by atoms with Gasteiger partial charge in [-0.15, -0.1) is 0 Å². The summed E-state index contributed by atoms with van der Waals surface area (Å²) in [4.78, 5) is 0. The fourth-order valence-corrected chi connectivity index (χ4v) is 3.52. The van der Waals surface area contributed by atoms with Crippen molar-refractivity contribution in [2.24, 2.45) is 0 Å². The molecule has 0 aromatic heterocycles. The Balaban J connectivity index is 2.13. The molecule has 0 saturated heterocycles. The Morgan fingerprint density at radius 1 is 1.08 bits per heavy atom. The summed E-state index contributed by atoms with van der Waals surface area (Å²) < 4.78 is 12.7. The zero-order chi connectivity index (χ0) is 18.9. The second-order valence-electron chi connectivity index (χ2n) is 5.89. The van der Waals surface area contributed by atoms with Gasteiger partial charge in [-0.3, -0.25) is 0 Å². The van der Waals surface area contributed by atoms with Gasteiger partial charge >= 0.3 is 0 Å². The Labute approximate surface area is 174 Å². The number of hydrogen-bond donors (Lipinski definition) is 1. The van der Waals surface area contributed by atoms with Crippen LogP contribution in [0.2, 0.25) is 10.0 Å². The van der Waals surface area contributed by atoms with E-state index in [4.69, 9.17) is 32.7 Å². The van der Waals surface area contributed by atoms with Crippen LogP contribution in [0, 0.1) is 0 Å². The number of unbranched alkanes of at least 4 members (excludes halogenated alkanes) is 1. The molecule has 142 valence electrons. The van der Waals surface area contributed by atoms with E-state index in [2.05, 4.69) is 34.2 Å². The monoisotopic (exact) mass is 459 g/mol. The molecule has 0 heterocycles. The van der Waals surface area contributed by atoms with E-state index in [1.165, 1.54) is 12.8 Å². The molecule has 6 heteroatoms. The molecule has 0 aliphatic rings. The largest absolute Gasteiger partial charge is 0.490 e. The summed E-state index contributed by atoms with van der Waals surface area (Å²) in [5.74, 6) is 1.40. The van der Waals surface area contributed by atoms with Gasteiger partial charge in [0.2, 0.25) is 0 Å². The van der Waals surface area contributed by atoms with Crippen molar-refractivity contribution in [2.45, 2.75) is 39.8 Å². The van der Waals surface area contributed by atoms with E-state index in [1.54, 1.807) is 12.1 Å². The van der Waals surface area contributed by atoms with Crippen molar-refractivity contribution < 1.29 is 9.47 Å². The Morgan fingerprint density at radius 3 is 2.58 bits per heavy atom.